The highest BCUT2D eigenvalue weighted by Crippen LogP contribution is 2.18. The summed E-state index contributed by atoms with van der Waals surface area (Å²) in [5, 5.41) is 3.79. The summed E-state index contributed by atoms with van der Waals surface area (Å²) >= 11 is 0. The van der Waals surface area contributed by atoms with Crippen molar-refractivity contribution in [2.45, 2.75) is 4.90 Å². The molecule has 0 saturated heterocycles. The Morgan fingerprint density at radius 3 is 2.24 bits per heavy atom. The van der Waals surface area contributed by atoms with Gasteiger partial charge in [-0.2, -0.15) is 9.41 Å². The van der Waals surface area contributed by atoms with E-state index in [-0.39, 0.29) is 4.90 Å². The Hall–Kier alpha value is -3.24. The van der Waals surface area contributed by atoms with Crippen molar-refractivity contribution in [1.29, 1.82) is 0 Å². The van der Waals surface area contributed by atoms with Crippen LogP contribution in [0.25, 0.3) is 0 Å². The van der Waals surface area contributed by atoms with Gasteiger partial charge < -0.3 is 9.47 Å². The lowest BCUT2D eigenvalue weighted by molar-refractivity contribution is -0.121. The molecule has 1 amide bonds. The highest BCUT2D eigenvalue weighted by molar-refractivity contribution is 7.89. The minimum absolute atomic E-state index is 0.0443. The maximum atomic E-state index is 12.5. The van der Waals surface area contributed by atoms with Crippen LogP contribution >= 0.6 is 0 Å². The lowest BCUT2D eigenvalue weighted by atomic mass is 10.1. The van der Waals surface area contributed by atoms with Crippen LogP contribution in [-0.4, -0.2) is 58.6 Å². The van der Waals surface area contributed by atoms with Crippen molar-refractivity contribution < 1.29 is 27.5 Å². The molecular weight excluding hydrogens is 398 g/mol. The third kappa shape index (κ3) is 5.87. The number of esters is 1. The lowest BCUT2D eigenvalue weighted by Gasteiger charge is -2.16. The summed E-state index contributed by atoms with van der Waals surface area (Å²) in [6, 6.07) is 12.2. The first kappa shape index (κ1) is 22.1. The second-order valence-corrected chi connectivity index (χ2v) is 7.89. The minimum atomic E-state index is -3.83. The molecule has 2 rings (SSSR count). The Morgan fingerprint density at radius 2 is 1.69 bits per heavy atom. The number of amides is 1. The van der Waals surface area contributed by atoms with Crippen LogP contribution in [0.15, 0.2) is 58.5 Å². The molecule has 10 heteroatoms. The average Bonchev–Trinajstić information content (AvgIpc) is 2.73. The molecule has 0 heterocycles. The van der Waals surface area contributed by atoms with Gasteiger partial charge in [0.05, 0.1) is 37.4 Å². The van der Waals surface area contributed by atoms with E-state index in [9.17, 15) is 18.0 Å². The molecule has 0 aliphatic carbocycles. The summed E-state index contributed by atoms with van der Waals surface area (Å²) in [4.78, 5) is 23.4. The number of hydrogen-bond acceptors (Lipinski definition) is 7. The van der Waals surface area contributed by atoms with Crippen LogP contribution < -0.4 is 10.2 Å². The molecule has 29 heavy (non-hydrogen) atoms. The molecule has 0 atom stereocenters. The van der Waals surface area contributed by atoms with Crippen LogP contribution in [0.4, 0.5) is 0 Å². The first-order valence-electron chi connectivity index (χ1n) is 8.38. The number of methoxy groups -OCH3 is 2. The molecule has 0 saturated carbocycles. The minimum Gasteiger partial charge on any atom is -0.497 e. The second-order valence-electron chi connectivity index (χ2n) is 5.84. The number of likely N-dealkylation sites (N-methyl/N-ethyl adjacent to an activating group) is 1. The van der Waals surface area contributed by atoms with Gasteiger partial charge in [-0.15, -0.1) is 0 Å². The van der Waals surface area contributed by atoms with Gasteiger partial charge in [0.25, 0.3) is 5.91 Å². The molecule has 2 aromatic carbocycles. The van der Waals surface area contributed by atoms with Crippen molar-refractivity contribution >= 4 is 28.1 Å². The number of rotatable bonds is 8. The molecule has 0 fully saturated rings. The normalized spacial score (nSPS) is 11.4. The summed E-state index contributed by atoms with van der Waals surface area (Å²) in [5.74, 6) is -0.534. The number of carbonyl (C=O) groups is 2. The Balaban J connectivity index is 1.93. The van der Waals surface area contributed by atoms with Gasteiger partial charge in [-0.05, 0) is 42.0 Å². The summed E-state index contributed by atoms with van der Waals surface area (Å²) in [6.45, 7) is -0.410. The van der Waals surface area contributed by atoms with E-state index < -0.39 is 28.4 Å². The van der Waals surface area contributed by atoms with Crippen LogP contribution in [0.1, 0.15) is 15.9 Å². The van der Waals surface area contributed by atoms with Crippen molar-refractivity contribution in [3.05, 3.63) is 59.7 Å². The van der Waals surface area contributed by atoms with Gasteiger partial charge in [0, 0.05) is 7.05 Å². The molecular formula is C19H21N3O6S. The van der Waals surface area contributed by atoms with Crippen LogP contribution in [0.3, 0.4) is 0 Å². The first-order valence-corrected chi connectivity index (χ1v) is 9.82. The smallest absolute Gasteiger partial charge is 0.337 e. The fourth-order valence-electron chi connectivity index (χ4n) is 2.25. The Kier molecular flexibility index (Phi) is 7.46. The molecule has 0 radical (unpaired) electrons. The van der Waals surface area contributed by atoms with E-state index in [1.807, 2.05) is 0 Å². The summed E-state index contributed by atoms with van der Waals surface area (Å²) in [6.07, 6.45) is 1.37. The first-order chi connectivity index (χ1) is 13.8. The quantitative estimate of drug-likeness (QED) is 0.391. The predicted molar refractivity (Wildman–Crippen MR) is 106 cm³/mol. The van der Waals surface area contributed by atoms with E-state index in [0.29, 0.717) is 16.9 Å². The maximum absolute atomic E-state index is 12.5. The van der Waals surface area contributed by atoms with E-state index in [0.717, 1.165) is 4.31 Å². The average molecular weight is 419 g/mol. The number of nitrogens with one attached hydrogen (secondary N) is 1. The molecule has 0 spiro atoms. The number of carbonyl (C=O) groups excluding carboxylic acids is 2. The highest BCUT2D eigenvalue weighted by atomic mass is 32.2. The Labute approximate surface area is 169 Å². The summed E-state index contributed by atoms with van der Waals surface area (Å²) in [5.41, 5.74) is 3.29. The molecule has 0 aliphatic rings. The third-order valence-corrected chi connectivity index (χ3v) is 5.69. The third-order valence-electron chi connectivity index (χ3n) is 3.87. The van der Waals surface area contributed by atoms with Gasteiger partial charge in [-0.3, -0.25) is 4.79 Å². The van der Waals surface area contributed by atoms with Gasteiger partial charge in [-0.25, -0.2) is 18.6 Å². The van der Waals surface area contributed by atoms with Crippen molar-refractivity contribution in [3.8, 4) is 5.75 Å². The van der Waals surface area contributed by atoms with Gasteiger partial charge in [0.1, 0.15) is 5.75 Å². The van der Waals surface area contributed by atoms with Gasteiger partial charge in [0.2, 0.25) is 10.0 Å². The molecule has 2 aromatic rings. The summed E-state index contributed by atoms with van der Waals surface area (Å²) < 4.78 is 35.5. The van der Waals surface area contributed by atoms with Crippen molar-refractivity contribution in [3.63, 3.8) is 0 Å². The van der Waals surface area contributed by atoms with E-state index in [1.54, 1.807) is 24.3 Å². The Bertz CT molecular complexity index is 986. The van der Waals surface area contributed by atoms with E-state index in [2.05, 4.69) is 15.3 Å². The topological polar surface area (TPSA) is 114 Å². The molecule has 0 unspecified atom stereocenters. The van der Waals surface area contributed by atoms with Crippen LogP contribution in [-0.2, 0) is 19.6 Å². The van der Waals surface area contributed by atoms with Gasteiger partial charge in [0.15, 0.2) is 0 Å². The fourth-order valence-corrected chi connectivity index (χ4v) is 3.38. The number of hydrogen-bond donors (Lipinski definition) is 1. The number of hydrazone groups is 1. The maximum Gasteiger partial charge on any atom is 0.337 e. The fraction of sp³-hybridized carbons (Fsp3) is 0.211. The lowest BCUT2D eigenvalue weighted by Crippen LogP contribution is -2.36. The van der Waals surface area contributed by atoms with Gasteiger partial charge in [-0.1, -0.05) is 12.1 Å². The number of ether oxygens (including phenoxy) is 2. The number of benzene rings is 2. The van der Waals surface area contributed by atoms with Crippen molar-refractivity contribution in [1.82, 2.24) is 9.73 Å². The van der Waals surface area contributed by atoms with E-state index in [1.165, 1.54) is 51.7 Å². The highest BCUT2D eigenvalue weighted by Gasteiger charge is 2.22. The SMILES string of the molecule is COC(=O)c1ccc(/C=N\NC(=O)CN(C)S(=O)(=O)c2ccc(OC)cc2)cc1. The van der Waals surface area contributed by atoms with E-state index in [4.69, 9.17) is 4.74 Å². The standard InChI is InChI=1S/C19H21N3O6S/c1-22(29(25,26)17-10-8-16(27-2)9-11-17)13-18(23)21-20-12-14-4-6-15(7-5-14)19(24)28-3/h4-12H,13H2,1-3H3,(H,21,23)/b20-12-. The van der Waals surface area contributed by atoms with Crippen molar-refractivity contribution in [2.75, 3.05) is 27.8 Å². The molecule has 154 valence electrons. The molecule has 9 nitrogen and oxygen atoms in total. The monoisotopic (exact) mass is 419 g/mol. The van der Waals surface area contributed by atoms with E-state index >= 15 is 0 Å². The molecule has 0 aromatic heterocycles. The zero-order valence-corrected chi connectivity index (χ0v) is 17.0. The zero-order valence-electron chi connectivity index (χ0n) is 16.2. The second kappa shape index (κ2) is 9.80. The molecule has 0 aliphatic heterocycles. The summed E-state index contributed by atoms with van der Waals surface area (Å²) in [7, 11) is 0.240. The molecule has 0 bridgehead atoms. The largest absolute Gasteiger partial charge is 0.497 e. The predicted octanol–water partition coefficient (Wildman–Crippen LogP) is 1.25. The zero-order chi connectivity index (χ0) is 21.4. The number of sulfonamides is 1. The van der Waals surface area contributed by atoms with Gasteiger partial charge >= 0.3 is 5.97 Å². The van der Waals surface area contributed by atoms with Crippen LogP contribution in [0.2, 0.25) is 0 Å². The Morgan fingerprint density at radius 1 is 1.07 bits per heavy atom. The van der Waals surface area contributed by atoms with Crippen LogP contribution in [0.5, 0.6) is 5.75 Å². The number of nitrogens with zero attached hydrogens (tertiary/aromatic N) is 2. The van der Waals surface area contributed by atoms with Crippen LogP contribution in [0, 0.1) is 0 Å². The van der Waals surface area contributed by atoms with Crippen molar-refractivity contribution in [2.24, 2.45) is 5.10 Å². The molecule has 1 N–H and O–H groups in total.